The van der Waals surface area contributed by atoms with Crippen LogP contribution in [0.25, 0.3) is 5.69 Å². The minimum Gasteiger partial charge on any atom is -0.312 e. The highest BCUT2D eigenvalue weighted by molar-refractivity contribution is 9.10. The molecule has 4 heteroatoms. The molecule has 1 N–H and O–H groups in total. The molecule has 0 radical (unpaired) electrons. The van der Waals surface area contributed by atoms with Gasteiger partial charge in [-0.1, -0.05) is 29.8 Å². The molecule has 108 valence electrons. The number of aryl methyl sites for hydroxylation is 1. The molecular weight excluding hydrogens is 314 g/mol. The van der Waals surface area contributed by atoms with Gasteiger partial charge in [0.25, 0.3) is 0 Å². The molecule has 0 spiro atoms. The van der Waals surface area contributed by atoms with Gasteiger partial charge in [0.1, 0.15) is 0 Å². The molecule has 0 aliphatic heterocycles. The van der Waals surface area contributed by atoms with E-state index in [0.717, 1.165) is 23.3 Å². The smallest absolute Gasteiger partial charge is 0.0997 e. The van der Waals surface area contributed by atoms with Crippen LogP contribution in [0.3, 0.4) is 0 Å². The normalized spacial score (nSPS) is 11.3. The summed E-state index contributed by atoms with van der Waals surface area (Å²) in [5, 5.41) is 3.51. The van der Waals surface area contributed by atoms with Gasteiger partial charge in [-0.05, 0) is 50.1 Å². The van der Waals surface area contributed by atoms with E-state index in [9.17, 15) is 0 Å². The van der Waals surface area contributed by atoms with Crippen molar-refractivity contribution in [2.75, 3.05) is 6.54 Å². The van der Waals surface area contributed by atoms with Crippen LogP contribution in [-0.2, 0) is 6.54 Å². The number of benzene rings is 1. The van der Waals surface area contributed by atoms with Crippen LogP contribution in [-0.4, -0.2) is 16.1 Å². The topological polar surface area (TPSA) is 29.9 Å². The standard InChI is InChI=1S/C16H22BrN3/c1-11(2)8-18-9-14-7-15(17)5-6-16(14)20-10-19-12(3)13(20)4/h5-7,10-11,18H,8-9H2,1-4H3. The second-order valence-electron chi connectivity index (χ2n) is 5.58. The maximum Gasteiger partial charge on any atom is 0.0997 e. The lowest BCUT2D eigenvalue weighted by molar-refractivity contribution is 0.551. The van der Waals surface area contributed by atoms with E-state index >= 15 is 0 Å². The first kappa shape index (κ1) is 15.3. The van der Waals surface area contributed by atoms with E-state index in [-0.39, 0.29) is 0 Å². The molecule has 3 nitrogen and oxygen atoms in total. The van der Waals surface area contributed by atoms with Crippen molar-refractivity contribution in [2.45, 2.75) is 34.2 Å². The molecule has 1 aromatic heterocycles. The van der Waals surface area contributed by atoms with Crippen molar-refractivity contribution in [3.8, 4) is 5.69 Å². The molecule has 2 rings (SSSR count). The number of halogens is 1. The Hall–Kier alpha value is -1.13. The molecule has 0 saturated carbocycles. The Kier molecular flexibility index (Phi) is 5.00. The van der Waals surface area contributed by atoms with Gasteiger partial charge >= 0.3 is 0 Å². The lowest BCUT2D eigenvalue weighted by Gasteiger charge is -2.14. The molecule has 0 unspecified atom stereocenters. The molecule has 0 amide bonds. The summed E-state index contributed by atoms with van der Waals surface area (Å²) in [7, 11) is 0. The molecule has 0 bridgehead atoms. The second kappa shape index (κ2) is 6.55. The molecule has 0 atom stereocenters. The van der Waals surface area contributed by atoms with Gasteiger partial charge in [0.15, 0.2) is 0 Å². The summed E-state index contributed by atoms with van der Waals surface area (Å²) in [5.74, 6) is 0.655. The predicted molar refractivity (Wildman–Crippen MR) is 87.3 cm³/mol. The Morgan fingerprint density at radius 2 is 2.05 bits per heavy atom. The zero-order valence-electron chi connectivity index (χ0n) is 12.6. The van der Waals surface area contributed by atoms with E-state index in [1.165, 1.54) is 16.9 Å². The zero-order chi connectivity index (χ0) is 14.7. The van der Waals surface area contributed by atoms with E-state index in [2.05, 4.69) is 69.8 Å². The number of imidazole rings is 1. The maximum atomic E-state index is 4.40. The van der Waals surface area contributed by atoms with Gasteiger partial charge in [0.2, 0.25) is 0 Å². The Labute approximate surface area is 129 Å². The van der Waals surface area contributed by atoms with Crippen molar-refractivity contribution < 1.29 is 0 Å². The van der Waals surface area contributed by atoms with Crippen LogP contribution < -0.4 is 5.32 Å². The third-order valence-corrected chi connectivity index (χ3v) is 3.91. The first-order valence-corrected chi connectivity index (χ1v) is 7.78. The lowest BCUT2D eigenvalue weighted by Crippen LogP contribution is -2.20. The van der Waals surface area contributed by atoms with Gasteiger partial charge in [0.05, 0.1) is 17.7 Å². The first-order chi connectivity index (χ1) is 9.49. The summed E-state index contributed by atoms with van der Waals surface area (Å²) in [4.78, 5) is 4.40. The molecule has 20 heavy (non-hydrogen) atoms. The highest BCUT2D eigenvalue weighted by atomic mass is 79.9. The van der Waals surface area contributed by atoms with Gasteiger partial charge < -0.3 is 9.88 Å². The zero-order valence-corrected chi connectivity index (χ0v) is 14.2. The maximum absolute atomic E-state index is 4.40. The Morgan fingerprint density at radius 3 is 2.65 bits per heavy atom. The van der Waals surface area contributed by atoms with Crippen LogP contribution in [0, 0.1) is 19.8 Å². The average Bonchev–Trinajstić information content (AvgIpc) is 2.70. The van der Waals surface area contributed by atoms with E-state index < -0.39 is 0 Å². The minimum atomic E-state index is 0.655. The Morgan fingerprint density at radius 1 is 1.30 bits per heavy atom. The largest absolute Gasteiger partial charge is 0.312 e. The van der Waals surface area contributed by atoms with E-state index in [4.69, 9.17) is 0 Å². The van der Waals surface area contributed by atoms with Crippen LogP contribution in [0.2, 0.25) is 0 Å². The molecule has 1 heterocycles. The molecule has 2 aromatic rings. The fraction of sp³-hybridized carbons (Fsp3) is 0.438. The number of hydrogen-bond donors (Lipinski definition) is 1. The predicted octanol–water partition coefficient (Wildman–Crippen LogP) is 4.00. The van der Waals surface area contributed by atoms with Gasteiger partial charge in [-0.25, -0.2) is 4.98 Å². The third kappa shape index (κ3) is 3.49. The first-order valence-electron chi connectivity index (χ1n) is 6.99. The van der Waals surface area contributed by atoms with Crippen molar-refractivity contribution in [1.82, 2.24) is 14.9 Å². The summed E-state index contributed by atoms with van der Waals surface area (Å²) in [6.45, 7) is 10.5. The van der Waals surface area contributed by atoms with Gasteiger partial charge in [-0.3, -0.25) is 0 Å². The minimum absolute atomic E-state index is 0.655. The van der Waals surface area contributed by atoms with Crippen LogP contribution in [0.1, 0.15) is 30.8 Å². The SMILES string of the molecule is Cc1ncn(-c2ccc(Br)cc2CNCC(C)C)c1C. The van der Waals surface area contributed by atoms with Crippen molar-refractivity contribution in [1.29, 1.82) is 0 Å². The van der Waals surface area contributed by atoms with E-state index in [1.54, 1.807) is 0 Å². The second-order valence-corrected chi connectivity index (χ2v) is 6.50. The van der Waals surface area contributed by atoms with Crippen LogP contribution in [0.15, 0.2) is 29.0 Å². The van der Waals surface area contributed by atoms with Crippen molar-refractivity contribution in [3.05, 3.63) is 46.0 Å². The fourth-order valence-corrected chi connectivity index (χ4v) is 2.58. The highest BCUT2D eigenvalue weighted by Crippen LogP contribution is 2.22. The van der Waals surface area contributed by atoms with E-state index in [1.807, 2.05) is 13.3 Å². The summed E-state index contributed by atoms with van der Waals surface area (Å²) >= 11 is 3.56. The number of aromatic nitrogens is 2. The van der Waals surface area contributed by atoms with E-state index in [0.29, 0.717) is 5.92 Å². The summed E-state index contributed by atoms with van der Waals surface area (Å²) in [6, 6.07) is 6.40. The number of nitrogens with zero attached hydrogens (tertiary/aromatic N) is 2. The molecule has 0 aliphatic carbocycles. The third-order valence-electron chi connectivity index (χ3n) is 3.42. The fourth-order valence-electron chi connectivity index (χ4n) is 2.17. The monoisotopic (exact) mass is 335 g/mol. The summed E-state index contributed by atoms with van der Waals surface area (Å²) < 4.78 is 3.27. The van der Waals surface area contributed by atoms with Gasteiger partial charge in [-0.2, -0.15) is 0 Å². The average molecular weight is 336 g/mol. The quantitative estimate of drug-likeness (QED) is 0.894. The molecule has 1 aromatic carbocycles. The molecule has 0 fully saturated rings. The van der Waals surface area contributed by atoms with Gasteiger partial charge in [0, 0.05) is 16.7 Å². The Balaban J connectivity index is 2.30. The van der Waals surface area contributed by atoms with Gasteiger partial charge in [-0.15, -0.1) is 0 Å². The highest BCUT2D eigenvalue weighted by Gasteiger charge is 2.09. The summed E-state index contributed by atoms with van der Waals surface area (Å²) in [5.41, 5.74) is 4.74. The van der Waals surface area contributed by atoms with Crippen LogP contribution >= 0.6 is 15.9 Å². The number of nitrogens with one attached hydrogen (secondary N) is 1. The molecular formula is C16H22BrN3. The van der Waals surface area contributed by atoms with Crippen LogP contribution in [0.5, 0.6) is 0 Å². The molecule has 0 saturated heterocycles. The lowest BCUT2D eigenvalue weighted by atomic mass is 10.1. The van der Waals surface area contributed by atoms with Crippen molar-refractivity contribution in [3.63, 3.8) is 0 Å². The summed E-state index contributed by atoms with van der Waals surface area (Å²) in [6.07, 6.45) is 1.90. The number of hydrogen-bond acceptors (Lipinski definition) is 2. The van der Waals surface area contributed by atoms with Crippen molar-refractivity contribution in [2.24, 2.45) is 5.92 Å². The molecule has 0 aliphatic rings. The van der Waals surface area contributed by atoms with Crippen LogP contribution in [0.4, 0.5) is 0 Å². The Bertz CT molecular complexity index is 587. The number of rotatable bonds is 5. The van der Waals surface area contributed by atoms with Crippen molar-refractivity contribution >= 4 is 15.9 Å².